The third kappa shape index (κ3) is 4.47. The molecule has 0 aliphatic carbocycles. The van der Waals surface area contributed by atoms with Crippen LogP contribution >= 0.6 is 0 Å². The lowest BCUT2D eigenvalue weighted by Crippen LogP contribution is -2.14. The Bertz CT molecular complexity index is 820. The first-order valence-corrected chi connectivity index (χ1v) is 8.10. The smallest absolute Gasteiger partial charge is 0.228 e. The van der Waals surface area contributed by atoms with Crippen molar-refractivity contribution < 1.29 is 14.1 Å². The van der Waals surface area contributed by atoms with Crippen molar-refractivity contribution in [3.63, 3.8) is 0 Å². The van der Waals surface area contributed by atoms with E-state index in [0.717, 1.165) is 34.0 Å². The van der Waals surface area contributed by atoms with Crippen molar-refractivity contribution in [3.8, 4) is 5.75 Å². The number of nitrogens with zero attached hydrogens (tertiary/aromatic N) is 1. The molecule has 5 nitrogen and oxygen atoms in total. The normalized spacial score (nSPS) is 10.5. The second-order valence-electron chi connectivity index (χ2n) is 5.83. The van der Waals surface area contributed by atoms with Crippen molar-refractivity contribution in [2.24, 2.45) is 0 Å². The summed E-state index contributed by atoms with van der Waals surface area (Å²) in [5, 5.41) is 6.78. The van der Waals surface area contributed by atoms with Gasteiger partial charge in [0.25, 0.3) is 0 Å². The number of hydrogen-bond acceptors (Lipinski definition) is 4. The van der Waals surface area contributed by atoms with Crippen molar-refractivity contribution in [2.45, 2.75) is 26.9 Å². The highest BCUT2D eigenvalue weighted by Crippen LogP contribution is 2.18. The molecule has 128 valence electrons. The predicted octanol–water partition coefficient (Wildman–Crippen LogP) is 4.05. The maximum Gasteiger partial charge on any atom is 0.228 e. The minimum absolute atomic E-state index is 0.0458. The number of benzene rings is 2. The Labute approximate surface area is 146 Å². The molecule has 0 saturated carbocycles. The van der Waals surface area contributed by atoms with Crippen LogP contribution in [-0.2, 0) is 17.8 Å². The van der Waals surface area contributed by atoms with Crippen LogP contribution in [0.15, 0.2) is 59.1 Å². The first-order chi connectivity index (χ1) is 12.1. The van der Waals surface area contributed by atoms with Gasteiger partial charge >= 0.3 is 0 Å². The number of aromatic nitrogens is 1. The second kappa shape index (κ2) is 7.66. The fraction of sp³-hybridized carbons (Fsp3) is 0.200. The number of carbonyl (C=O) groups excluding carboxylic acids is 1. The van der Waals surface area contributed by atoms with E-state index in [1.165, 1.54) is 0 Å². The number of amides is 1. The van der Waals surface area contributed by atoms with Gasteiger partial charge in [-0.25, -0.2) is 0 Å². The molecule has 5 heteroatoms. The minimum Gasteiger partial charge on any atom is -0.489 e. The summed E-state index contributed by atoms with van der Waals surface area (Å²) in [6.07, 6.45) is 0.318. The topological polar surface area (TPSA) is 64.4 Å². The van der Waals surface area contributed by atoms with Gasteiger partial charge in [0.15, 0.2) is 0 Å². The van der Waals surface area contributed by atoms with Crippen LogP contribution in [0.2, 0.25) is 0 Å². The fourth-order valence-electron chi connectivity index (χ4n) is 2.48. The largest absolute Gasteiger partial charge is 0.489 e. The lowest BCUT2D eigenvalue weighted by molar-refractivity contribution is -0.115. The molecule has 3 rings (SSSR count). The summed E-state index contributed by atoms with van der Waals surface area (Å²) in [7, 11) is 0. The van der Waals surface area contributed by atoms with Gasteiger partial charge in [0.1, 0.15) is 18.1 Å². The quantitative estimate of drug-likeness (QED) is 0.737. The molecule has 1 heterocycles. The van der Waals surface area contributed by atoms with Crippen LogP contribution < -0.4 is 10.1 Å². The average molecular weight is 336 g/mol. The molecule has 0 atom stereocenters. The van der Waals surface area contributed by atoms with Crippen molar-refractivity contribution in [1.82, 2.24) is 5.16 Å². The number of rotatable bonds is 6. The molecule has 1 aromatic heterocycles. The molecule has 0 radical (unpaired) electrons. The predicted molar refractivity (Wildman–Crippen MR) is 95.5 cm³/mol. The number of ether oxygens (including phenoxy) is 1. The molecular formula is C20H20N2O3. The van der Waals surface area contributed by atoms with Crippen LogP contribution in [0, 0.1) is 13.8 Å². The van der Waals surface area contributed by atoms with Crippen LogP contribution in [0.25, 0.3) is 0 Å². The minimum atomic E-state index is -0.0458. The molecular weight excluding hydrogens is 316 g/mol. The third-order valence-electron chi connectivity index (χ3n) is 3.91. The average Bonchev–Trinajstić information content (AvgIpc) is 2.93. The maximum absolute atomic E-state index is 12.1. The van der Waals surface area contributed by atoms with Crippen LogP contribution in [0.1, 0.15) is 22.6 Å². The van der Waals surface area contributed by atoms with Crippen LogP contribution in [-0.4, -0.2) is 11.1 Å². The van der Waals surface area contributed by atoms with Crippen molar-refractivity contribution >= 4 is 11.6 Å². The highest BCUT2D eigenvalue weighted by Gasteiger charge is 2.10. The van der Waals surface area contributed by atoms with E-state index in [0.29, 0.717) is 13.0 Å². The monoisotopic (exact) mass is 336 g/mol. The lowest BCUT2D eigenvalue weighted by atomic mass is 10.1. The molecule has 1 amide bonds. The zero-order valence-corrected chi connectivity index (χ0v) is 14.3. The number of nitrogens with one attached hydrogen (secondary N) is 1. The summed E-state index contributed by atoms with van der Waals surface area (Å²) in [6.45, 7) is 4.17. The van der Waals surface area contributed by atoms with Gasteiger partial charge in [-0.2, -0.15) is 0 Å². The molecule has 0 bridgehead atoms. The highest BCUT2D eigenvalue weighted by molar-refractivity contribution is 5.92. The van der Waals surface area contributed by atoms with Gasteiger partial charge in [0, 0.05) is 5.69 Å². The Morgan fingerprint density at radius 2 is 1.80 bits per heavy atom. The van der Waals surface area contributed by atoms with E-state index >= 15 is 0 Å². The number of hydrogen-bond donors (Lipinski definition) is 1. The summed E-state index contributed by atoms with van der Waals surface area (Å²) >= 11 is 0. The summed E-state index contributed by atoms with van der Waals surface area (Å²) in [5.74, 6) is 1.47. The Morgan fingerprint density at radius 1 is 1.08 bits per heavy atom. The van der Waals surface area contributed by atoms with Gasteiger partial charge in [0.05, 0.1) is 17.7 Å². The van der Waals surface area contributed by atoms with E-state index in [1.807, 2.05) is 68.4 Å². The Morgan fingerprint density at radius 3 is 2.44 bits per heavy atom. The lowest BCUT2D eigenvalue weighted by Gasteiger charge is -2.08. The molecule has 0 aliphatic heterocycles. The molecule has 0 unspecified atom stereocenters. The standard InChI is InChI=1S/C20H20N2O3/c1-14-19(15(2)25-22-14)13-24-18-10-8-16(9-11-18)12-20(23)21-17-6-4-3-5-7-17/h3-11H,12-13H2,1-2H3,(H,21,23). The van der Waals surface area contributed by atoms with E-state index < -0.39 is 0 Å². The van der Waals surface area contributed by atoms with E-state index in [4.69, 9.17) is 9.26 Å². The maximum atomic E-state index is 12.1. The van der Waals surface area contributed by atoms with Gasteiger partial charge in [-0.1, -0.05) is 35.5 Å². The van der Waals surface area contributed by atoms with Crippen molar-refractivity contribution in [3.05, 3.63) is 77.2 Å². The Balaban J connectivity index is 1.54. The number of carbonyl (C=O) groups is 1. The van der Waals surface area contributed by atoms with Gasteiger partial charge in [-0.3, -0.25) is 4.79 Å². The van der Waals surface area contributed by atoms with E-state index in [-0.39, 0.29) is 5.91 Å². The molecule has 0 saturated heterocycles. The number of anilines is 1. The molecule has 3 aromatic rings. The number of aryl methyl sites for hydroxylation is 2. The SMILES string of the molecule is Cc1noc(C)c1COc1ccc(CC(=O)Nc2ccccc2)cc1. The van der Waals surface area contributed by atoms with Crippen LogP contribution in [0.4, 0.5) is 5.69 Å². The molecule has 1 N–H and O–H groups in total. The van der Waals surface area contributed by atoms with E-state index in [2.05, 4.69) is 10.5 Å². The van der Waals surface area contributed by atoms with Crippen molar-refractivity contribution in [2.75, 3.05) is 5.32 Å². The van der Waals surface area contributed by atoms with E-state index in [1.54, 1.807) is 0 Å². The molecule has 0 fully saturated rings. The summed E-state index contributed by atoms with van der Waals surface area (Å²) in [6, 6.07) is 16.9. The number of para-hydroxylation sites is 1. The first-order valence-electron chi connectivity index (χ1n) is 8.10. The molecule has 2 aromatic carbocycles. The van der Waals surface area contributed by atoms with Gasteiger partial charge in [0.2, 0.25) is 5.91 Å². The van der Waals surface area contributed by atoms with Gasteiger partial charge in [-0.05, 0) is 43.7 Å². The Hall–Kier alpha value is -3.08. The second-order valence-corrected chi connectivity index (χ2v) is 5.83. The first kappa shape index (κ1) is 16.8. The van der Waals surface area contributed by atoms with Crippen molar-refractivity contribution in [1.29, 1.82) is 0 Å². The molecule has 25 heavy (non-hydrogen) atoms. The zero-order valence-electron chi connectivity index (χ0n) is 14.3. The summed E-state index contributed by atoms with van der Waals surface area (Å²) in [4.78, 5) is 12.1. The zero-order chi connectivity index (χ0) is 17.6. The van der Waals surface area contributed by atoms with Gasteiger partial charge in [-0.15, -0.1) is 0 Å². The summed E-state index contributed by atoms with van der Waals surface area (Å²) < 4.78 is 10.9. The van der Waals surface area contributed by atoms with Crippen LogP contribution in [0.3, 0.4) is 0 Å². The Kier molecular flexibility index (Phi) is 5.14. The molecule has 0 spiro atoms. The third-order valence-corrected chi connectivity index (χ3v) is 3.91. The summed E-state index contributed by atoms with van der Waals surface area (Å²) in [5.41, 5.74) is 3.53. The highest BCUT2D eigenvalue weighted by atomic mass is 16.5. The van der Waals surface area contributed by atoms with E-state index in [9.17, 15) is 4.79 Å². The van der Waals surface area contributed by atoms with Gasteiger partial charge < -0.3 is 14.6 Å². The fourth-order valence-corrected chi connectivity index (χ4v) is 2.48. The van der Waals surface area contributed by atoms with Crippen LogP contribution in [0.5, 0.6) is 5.75 Å². The molecule has 0 aliphatic rings.